The van der Waals surface area contributed by atoms with Crippen LogP contribution in [-0.2, 0) is 9.53 Å². The van der Waals surface area contributed by atoms with E-state index in [1.54, 1.807) is 0 Å². The van der Waals surface area contributed by atoms with Crippen molar-refractivity contribution in [3.05, 3.63) is 23.8 Å². The highest BCUT2D eigenvalue weighted by Gasteiger charge is 2.43. The lowest BCUT2D eigenvalue weighted by atomic mass is 9.86. The summed E-state index contributed by atoms with van der Waals surface area (Å²) in [5.74, 6) is 0.150. The molecule has 1 saturated carbocycles. The van der Waals surface area contributed by atoms with Gasteiger partial charge in [0.25, 0.3) is 0 Å². The second kappa shape index (κ2) is 11.9. The third-order valence-corrected chi connectivity index (χ3v) is 6.64. The average Bonchev–Trinajstić information content (AvgIpc) is 2.81. The van der Waals surface area contributed by atoms with Crippen LogP contribution in [0, 0.1) is 23.7 Å². The van der Waals surface area contributed by atoms with Crippen molar-refractivity contribution < 1.29 is 24.9 Å². The zero-order chi connectivity index (χ0) is 21.4. The molecular weight excluding hydrogens is 368 g/mol. The normalized spacial score (nSPS) is 31.8. The fourth-order valence-electron chi connectivity index (χ4n) is 4.72. The molecule has 3 N–H and O–H groups in total. The highest BCUT2D eigenvalue weighted by Crippen LogP contribution is 2.42. The van der Waals surface area contributed by atoms with Crippen molar-refractivity contribution in [3.63, 3.8) is 0 Å². The van der Waals surface area contributed by atoms with E-state index in [0.29, 0.717) is 25.4 Å². The molecule has 0 aromatic carbocycles. The maximum absolute atomic E-state index is 10.7. The summed E-state index contributed by atoms with van der Waals surface area (Å²) in [5, 5.41) is 29.9. The van der Waals surface area contributed by atoms with Crippen molar-refractivity contribution in [2.24, 2.45) is 23.7 Å². The molecule has 1 heterocycles. The van der Waals surface area contributed by atoms with E-state index in [1.165, 1.54) is 5.57 Å². The van der Waals surface area contributed by atoms with E-state index in [-0.39, 0.29) is 30.3 Å². The number of carboxylic acid groups (broad SMARTS) is 1. The first-order chi connectivity index (χ1) is 13.8. The number of aliphatic hydroxyl groups excluding tert-OH is 2. The summed E-state index contributed by atoms with van der Waals surface area (Å²) in [6.45, 7) is 6.90. The quantitative estimate of drug-likeness (QED) is 0.468. The van der Waals surface area contributed by atoms with Crippen LogP contribution in [0.2, 0.25) is 0 Å². The van der Waals surface area contributed by atoms with E-state index < -0.39 is 18.2 Å². The number of carboxylic acids is 1. The van der Waals surface area contributed by atoms with Crippen molar-refractivity contribution in [2.45, 2.75) is 90.4 Å². The third-order valence-electron chi connectivity index (χ3n) is 6.64. The molecule has 5 heteroatoms. The number of carbonyl (C=O) groups is 1. The highest BCUT2D eigenvalue weighted by atomic mass is 16.5. The Labute approximate surface area is 175 Å². The lowest BCUT2D eigenvalue weighted by Crippen LogP contribution is -2.22. The smallest absolute Gasteiger partial charge is 0.303 e. The first-order valence-corrected chi connectivity index (χ1v) is 11.3. The van der Waals surface area contributed by atoms with Gasteiger partial charge in [0, 0.05) is 25.4 Å². The third kappa shape index (κ3) is 7.88. The Morgan fingerprint density at radius 3 is 2.72 bits per heavy atom. The van der Waals surface area contributed by atoms with Crippen LogP contribution in [0.4, 0.5) is 0 Å². The van der Waals surface area contributed by atoms with Gasteiger partial charge >= 0.3 is 5.97 Å². The van der Waals surface area contributed by atoms with Crippen LogP contribution >= 0.6 is 0 Å². The molecule has 0 aromatic rings. The molecule has 1 saturated heterocycles. The van der Waals surface area contributed by atoms with Gasteiger partial charge in [0.1, 0.15) is 0 Å². The molecule has 0 bridgehead atoms. The number of ether oxygens (including phenoxy) is 1. The minimum absolute atomic E-state index is 0.0254. The summed E-state index contributed by atoms with van der Waals surface area (Å²) in [6.07, 6.45) is 11.6. The Morgan fingerprint density at radius 2 is 2.03 bits per heavy atom. The maximum Gasteiger partial charge on any atom is 0.303 e. The fraction of sp³-hybridized carbons (Fsp3) is 0.792. The summed E-state index contributed by atoms with van der Waals surface area (Å²) in [6, 6.07) is 0. The van der Waals surface area contributed by atoms with Gasteiger partial charge in [-0.25, -0.2) is 0 Å². The van der Waals surface area contributed by atoms with Crippen LogP contribution in [0.5, 0.6) is 0 Å². The Balaban J connectivity index is 1.86. The molecule has 1 aliphatic heterocycles. The number of rotatable bonds is 10. The summed E-state index contributed by atoms with van der Waals surface area (Å²) in [5.41, 5.74) is 1.30. The molecule has 29 heavy (non-hydrogen) atoms. The molecule has 2 fully saturated rings. The van der Waals surface area contributed by atoms with Crippen molar-refractivity contribution in [2.75, 3.05) is 6.61 Å². The van der Waals surface area contributed by atoms with Crippen LogP contribution in [-0.4, -0.2) is 46.2 Å². The van der Waals surface area contributed by atoms with E-state index in [2.05, 4.69) is 26.8 Å². The average molecular weight is 409 g/mol. The molecule has 0 aromatic heterocycles. The van der Waals surface area contributed by atoms with Gasteiger partial charge in [-0.05, 0) is 70.1 Å². The summed E-state index contributed by atoms with van der Waals surface area (Å²) in [7, 11) is 0. The predicted octanol–water partition coefficient (Wildman–Crippen LogP) is 4.33. The van der Waals surface area contributed by atoms with Gasteiger partial charge in [0.05, 0.1) is 18.3 Å². The lowest BCUT2D eigenvalue weighted by Gasteiger charge is -2.22. The Bertz CT molecular complexity index is 566. The SMILES string of the molecule is CC(C)=CCC[C@@H](C)[C@H](O)/C=C/[C@@H]1[C@H]2CC[C@H](CCCC(=O)O)CO[C@H]2C[C@H]1O. The second-order valence-corrected chi connectivity index (χ2v) is 9.36. The predicted molar refractivity (Wildman–Crippen MR) is 115 cm³/mol. The van der Waals surface area contributed by atoms with Gasteiger partial charge in [-0.15, -0.1) is 0 Å². The van der Waals surface area contributed by atoms with Gasteiger partial charge < -0.3 is 20.1 Å². The Morgan fingerprint density at radius 1 is 1.28 bits per heavy atom. The summed E-state index contributed by atoms with van der Waals surface area (Å²) in [4.78, 5) is 10.7. The highest BCUT2D eigenvalue weighted by molar-refractivity contribution is 5.66. The van der Waals surface area contributed by atoms with Gasteiger partial charge in [-0.1, -0.05) is 30.7 Å². The number of aliphatic carboxylic acids is 1. The second-order valence-electron chi connectivity index (χ2n) is 9.36. The minimum atomic E-state index is -0.738. The largest absolute Gasteiger partial charge is 0.481 e. The summed E-state index contributed by atoms with van der Waals surface area (Å²) >= 11 is 0. The molecule has 0 spiro atoms. The van der Waals surface area contributed by atoms with Gasteiger partial charge in [-0.3, -0.25) is 4.79 Å². The number of hydrogen-bond donors (Lipinski definition) is 3. The van der Waals surface area contributed by atoms with E-state index in [9.17, 15) is 15.0 Å². The Hall–Kier alpha value is -1.17. The zero-order valence-electron chi connectivity index (χ0n) is 18.3. The van der Waals surface area contributed by atoms with Crippen molar-refractivity contribution in [1.29, 1.82) is 0 Å². The first-order valence-electron chi connectivity index (χ1n) is 11.3. The van der Waals surface area contributed by atoms with E-state index in [1.807, 2.05) is 12.2 Å². The van der Waals surface area contributed by atoms with Crippen molar-refractivity contribution in [3.8, 4) is 0 Å². The van der Waals surface area contributed by atoms with Crippen molar-refractivity contribution >= 4 is 5.97 Å². The molecular formula is C24H40O5. The van der Waals surface area contributed by atoms with Crippen LogP contribution in [0.1, 0.15) is 72.1 Å². The van der Waals surface area contributed by atoms with Gasteiger partial charge in [-0.2, -0.15) is 0 Å². The minimum Gasteiger partial charge on any atom is -0.481 e. The van der Waals surface area contributed by atoms with Crippen LogP contribution in [0.15, 0.2) is 23.8 Å². The lowest BCUT2D eigenvalue weighted by molar-refractivity contribution is -0.137. The van der Waals surface area contributed by atoms with Crippen molar-refractivity contribution in [1.82, 2.24) is 0 Å². The van der Waals surface area contributed by atoms with Gasteiger partial charge in [0.2, 0.25) is 0 Å². The van der Waals surface area contributed by atoms with Crippen LogP contribution < -0.4 is 0 Å². The van der Waals surface area contributed by atoms with Crippen LogP contribution in [0.3, 0.4) is 0 Å². The number of fused-ring (bicyclic) bond motifs is 1. The molecule has 0 radical (unpaired) electrons. The number of allylic oxidation sites excluding steroid dienone is 2. The number of aliphatic hydroxyl groups is 2. The zero-order valence-corrected chi connectivity index (χ0v) is 18.3. The van der Waals surface area contributed by atoms with Crippen LogP contribution in [0.25, 0.3) is 0 Å². The van der Waals surface area contributed by atoms with Gasteiger partial charge in [0.15, 0.2) is 0 Å². The standard InChI is InChI=1S/C24H40O5/c1-16(2)6-4-7-17(3)21(25)13-12-19-20-11-10-18(8-5-9-24(27)28)15-29-23(20)14-22(19)26/h6,12-13,17-23,25-26H,4-5,7-11,14-15H2,1-3H3,(H,27,28)/b13-12+/t17-,18+,19-,20-,21-,22-,23+/m1/s1. The molecule has 0 amide bonds. The molecule has 166 valence electrons. The molecule has 5 nitrogen and oxygen atoms in total. The Kier molecular flexibility index (Phi) is 9.87. The monoisotopic (exact) mass is 408 g/mol. The maximum atomic E-state index is 10.7. The molecule has 7 atom stereocenters. The van der Waals surface area contributed by atoms with E-state index >= 15 is 0 Å². The molecule has 2 aliphatic rings. The fourth-order valence-corrected chi connectivity index (χ4v) is 4.72. The topological polar surface area (TPSA) is 87.0 Å². The molecule has 1 aliphatic carbocycles. The first kappa shape index (κ1) is 24.1. The van der Waals surface area contributed by atoms with E-state index in [0.717, 1.165) is 32.1 Å². The summed E-state index contributed by atoms with van der Waals surface area (Å²) < 4.78 is 6.12. The van der Waals surface area contributed by atoms with E-state index in [4.69, 9.17) is 9.84 Å². The molecule has 2 rings (SSSR count). The number of hydrogen-bond acceptors (Lipinski definition) is 4. The molecule has 0 unspecified atom stereocenters.